The smallest absolute Gasteiger partial charge is 0.173 e. The number of hydrogen-bond donors (Lipinski definition) is 1. The van der Waals surface area contributed by atoms with E-state index in [1.54, 1.807) is 25.0 Å². The van der Waals surface area contributed by atoms with E-state index in [0.717, 1.165) is 11.4 Å². The van der Waals surface area contributed by atoms with Gasteiger partial charge in [0.1, 0.15) is 6.33 Å². The van der Waals surface area contributed by atoms with Crippen molar-refractivity contribution in [3.63, 3.8) is 0 Å². The van der Waals surface area contributed by atoms with E-state index < -0.39 is 0 Å². The molecule has 0 spiro atoms. The van der Waals surface area contributed by atoms with Crippen LogP contribution in [0.15, 0.2) is 24.5 Å². The molecule has 102 valence electrons. The number of nitrogens with zero attached hydrogens (tertiary/aromatic N) is 4. The molecule has 1 N–H and O–H groups in total. The molecule has 0 saturated carbocycles. The Hall–Kier alpha value is -1.70. The SMILES string of the molecule is COC(CNc1cc(-n2cnnn2)ccc1Cl)OC. The van der Waals surface area contributed by atoms with Crippen molar-refractivity contribution in [1.29, 1.82) is 0 Å². The molecular weight excluding hydrogens is 270 g/mol. The van der Waals surface area contributed by atoms with Gasteiger partial charge in [-0.1, -0.05) is 11.6 Å². The number of tetrazole rings is 1. The van der Waals surface area contributed by atoms with Gasteiger partial charge >= 0.3 is 0 Å². The fraction of sp³-hybridized carbons (Fsp3) is 0.364. The summed E-state index contributed by atoms with van der Waals surface area (Å²) in [5.41, 5.74) is 1.57. The van der Waals surface area contributed by atoms with Gasteiger partial charge < -0.3 is 14.8 Å². The topological polar surface area (TPSA) is 74.1 Å². The number of aromatic nitrogens is 4. The van der Waals surface area contributed by atoms with E-state index in [2.05, 4.69) is 20.8 Å². The summed E-state index contributed by atoms with van der Waals surface area (Å²) < 4.78 is 11.7. The number of rotatable bonds is 6. The second-order valence-electron chi connectivity index (χ2n) is 3.70. The monoisotopic (exact) mass is 283 g/mol. The first-order chi connectivity index (χ1) is 9.24. The van der Waals surface area contributed by atoms with Gasteiger partial charge in [0.05, 0.1) is 22.9 Å². The van der Waals surface area contributed by atoms with Crippen LogP contribution in [-0.2, 0) is 9.47 Å². The molecule has 19 heavy (non-hydrogen) atoms. The highest BCUT2D eigenvalue weighted by atomic mass is 35.5. The third-order valence-corrected chi connectivity index (χ3v) is 2.88. The summed E-state index contributed by atoms with van der Waals surface area (Å²) in [4.78, 5) is 0. The Balaban J connectivity index is 2.14. The van der Waals surface area contributed by atoms with E-state index in [9.17, 15) is 0 Å². The fourth-order valence-corrected chi connectivity index (χ4v) is 1.71. The zero-order valence-corrected chi connectivity index (χ0v) is 11.3. The van der Waals surface area contributed by atoms with Crippen molar-refractivity contribution < 1.29 is 9.47 Å². The zero-order valence-electron chi connectivity index (χ0n) is 10.6. The first-order valence-electron chi connectivity index (χ1n) is 5.57. The minimum absolute atomic E-state index is 0.340. The Morgan fingerprint density at radius 2 is 2.16 bits per heavy atom. The molecule has 0 radical (unpaired) electrons. The van der Waals surface area contributed by atoms with Crippen LogP contribution < -0.4 is 5.32 Å². The maximum atomic E-state index is 6.12. The molecule has 0 atom stereocenters. The molecule has 0 unspecified atom stereocenters. The van der Waals surface area contributed by atoms with Gasteiger partial charge in [0.2, 0.25) is 0 Å². The zero-order chi connectivity index (χ0) is 13.7. The standard InChI is InChI=1S/C11H14ClN5O2/c1-18-11(19-2)6-13-10-5-8(3-4-9(10)12)17-7-14-15-16-17/h3-5,7,11,13H,6H2,1-2H3. The molecule has 8 heteroatoms. The summed E-state index contributed by atoms with van der Waals surface area (Å²) in [6, 6.07) is 5.45. The van der Waals surface area contributed by atoms with Crippen molar-refractivity contribution in [2.24, 2.45) is 0 Å². The predicted molar refractivity (Wildman–Crippen MR) is 70.5 cm³/mol. The first kappa shape index (κ1) is 13.7. The fourth-order valence-electron chi connectivity index (χ4n) is 1.53. The van der Waals surface area contributed by atoms with Gasteiger partial charge in [-0.3, -0.25) is 0 Å². The van der Waals surface area contributed by atoms with E-state index in [1.165, 1.54) is 6.33 Å². The minimum atomic E-state index is -0.340. The van der Waals surface area contributed by atoms with Crippen molar-refractivity contribution in [2.45, 2.75) is 6.29 Å². The third-order valence-electron chi connectivity index (χ3n) is 2.55. The van der Waals surface area contributed by atoms with Crippen LogP contribution in [0.3, 0.4) is 0 Å². The average molecular weight is 284 g/mol. The van der Waals surface area contributed by atoms with Gasteiger partial charge in [0, 0.05) is 14.2 Å². The van der Waals surface area contributed by atoms with Crippen LogP contribution in [0.1, 0.15) is 0 Å². The number of halogens is 1. The molecule has 0 bridgehead atoms. The molecule has 0 amide bonds. The van der Waals surface area contributed by atoms with Crippen LogP contribution in [0.25, 0.3) is 5.69 Å². The highest BCUT2D eigenvalue weighted by Crippen LogP contribution is 2.24. The molecule has 0 saturated heterocycles. The van der Waals surface area contributed by atoms with Gasteiger partial charge in [-0.25, -0.2) is 4.68 Å². The quantitative estimate of drug-likeness (QED) is 0.807. The highest BCUT2D eigenvalue weighted by Gasteiger charge is 2.08. The van der Waals surface area contributed by atoms with Crippen molar-refractivity contribution in [3.05, 3.63) is 29.5 Å². The Bertz CT molecular complexity index is 516. The molecule has 1 aromatic carbocycles. The summed E-state index contributed by atoms with van der Waals surface area (Å²) >= 11 is 6.12. The first-order valence-corrected chi connectivity index (χ1v) is 5.94. The van der Waals surface area contributed by atoms with Crippen molar-refractivity contribution >= 4 is 17.3 Å². The summed E-state index contributed by atoms with van der Waals surface area (Å²) in [5, 5.41) is 14.8. The molecule has 0 aliphatic rings. The lowest BCUT2D eigenvalue weighted by Gasteiger charge is -2.16. The van der Waals surface area contributed by atoms with E-state index in [0.29, 0.717) is 11.6 Å². The Morgan fingerprint density at radius 3 is 2.79 bits per heavy atom. The van der Waals surface area contributed by atoms with E-state index in [4.69, 9.17) is 21.1 Å². The third kappa shape index (κ3) is 3.40. The summed E-state index contributed by atoms with van der Waals surface area (Å²) in [5.74, 6) is 0. The molecule has 1 aromatic heterocycles. The molecular formula is C11H14ClN5O2. The van der Waals surface area contributed by atoms with Crippen LogP contribution in [0.2, 0.25) is 5.02 Å². The largest absolute Gasteiger partial charge is 0.379 e. The van der Waals surface area contributed by atoms with Gasteiger partial charge in [-0.2, -0.15) is 0 Å². The lowest BCUT2D eigenvalue weighted by atomic mass is 10.2. The lowest BCUT2D eigenvalue weighted by Crippen LogP contribution is -2.23. The normalized spacial score (nSPS) is 10.9. The maximum Gasteiger partial charge on any atom is 0.173 e. The molecule has 2 rings (SSSR count). The summed E-state index contributed by atoms with van der Waals surface area (Å²) in [7, 11) is 3.16. The maximum absolute atomic E-state index is 6.12. The van der Waals surface area contributed by atoms with Gasteiger partial charge in [-0.05, 0) is 28.6 Å². The molecule has 2 aromatic rings. The second-order valence-corrected chi connectivity index (χ2v) is 4.11. The molecule has 7 nitrogen and oxygen atoms in total. The summed E-state index contributed by atoms with van der Waals surface area (Å²) in [6.07, 6.45) is 1.17. The van der Waals surface area contributed by atoms with E-state index in [-0.39, 0.29) is 6.29 Å². The van der Waals surface area contributed by atoms with E-state index in [1.807, 2.05) is 12.1 Å². The van der Waals surface area contributed by atoms with Crippen molar-refractivity contribution in [1.82, 2.24) is 20.2 Å². The Morgan fingerprint density at radius 1 is 1.37 bits per heavy atom. The second kappa shape index (κ2) is 6.46. The van der Waals surface area contributed by atoms with Gasteiger partial charge in [0.15, 0.2) is 6.29 Å². The molecule has 0 aliphatic carbocycles. The Labute approximate surface area is 115 Å². The number of benzene rings is 1. The highest BCUT2D eigenvalue weighted by molar-refractivity contribution is 6.33. The molecule has 0 fully saturated rings. The minimum Gasteiger partial charge on any atom is -0.379 e. The van der Waals surface area contributed by atoms with Crippen LogP contribution in [0.4, 0.5) is 5.69 Å². The van der Waals surface area contributed by atoms with Gasteiger partial charge in [-0.15, -0.1) is 5.10 Å². The van der Waals surface area contributed by atoms with Crippen LogP contribution in [-0.4, -0.2) is 47.3 Å². The number of nitrogens with one attached hydrogen (secondary N) is 1. The van der Waals surface area contributed by atoms with Crippen LogP contribution in [0, 0.1) is 0 Å². The van der Waals surface area contributed by atoms with E-state index >= 15 is 0 Å². The van der Waals surface area contributed by atoms with Gasteiger partial charge in [0.25, 0.3) is 0 Å². The van der Waals surface area contributed by atoms with Crippen LogP contribution >= 0.6 is 11.6 Å². The van der Waals surface area contributed by atoms with Crippen molar-refractivity contribution in [2.75, 3.05) is 26.1 Å². The molecule has 1 heterocycles. The van der Waals surface area contributed by atoms with Crippen molar-refractivity contribution in [3.8, 4) is 5.69 Å². The number of ether oxygens (including phenoxy) is 2. The average Bonchev–Trinajstić information content (AvgIpc) is 2.96. The number of hydrogen-bond acceptors (Lipinski definition) is 6. The van der Waals surface area contributed by atoms with Crippen LogP contribution in [0.5, 0.6) is 0 Å². The number of anilines is 1. The number of methoxy groups -OCH3 is 2. The Kier molecular flexibility index (Phi) is 4.67. The molecule has 0 aliphatic heterocycles. The lowest BCUT2D eigenvalue weighted by molar-refractivity contribution is -0.0914. The summed E-state index contributed by atoms with van der Waals surface area (Å²) in [6.45, 7) is 0.478. The predicted octanol–water partition coefficient (Wildman–Crippen LogP) is 1.35.